The van der Waals surface area contributed by atoms with Crippen LogP contribution in [-0.4, -0.2) is 63.7 Å². The van der Waals surface area contributed by atoms with E-state index in [-0.39, 0.29) is 35.9 Å². The highest BCUT2D eigenvalue weighted by molar-refractivity contribution is 6.30. The molecule has 2 atom stereocenters. The molecule has 2 amide bonds. The zero-order chi connectivity index (χ0) is 30.2. The second-order valence-corrected chi connectivity index (χ2v) is 12.3. The van der Waals surface area contributed by atoms with E-state index in [4.69, 9.17) is 21.1 Å². The van der Waals surface area contributed by atoms with Crippen molar-refractivity contribution in [1.29, 1.82) is 0 Å². The smallest absolute Gasteiger partial charge is 0.411 e. The lowest BCUT2D eigenvalue weighted by Crippen LogP contribution is -2.49. The van der Waals surface area contributed by atoms with Crippen molar-refractivity contribution >= 4 is 23.6 Å². The van der Waals surface area contributed by atoms with Crippen molar-refractivity contribution in [3.63, 3.8) is 0 Å². The van der Waals surface area contributed by atoms with Gasteiger partial charge in [0.2, 0.25) is 11.7 Å². The van der Waals surface area contributed by atoms with Crippen molar-refractivity contribution in [3.05, 3.63) is 64.8 Å². The summed E-state index contributed by atoms with van der Waals surface area (Å²) < 4.78 is 40.9. The molecule has 2 fully saturated rings. The van der Waals surface area contributed by atoms with Crippen LogP contribution in [0.5, 0.6) is 5.75 Å². The maximum atomic E-state index is 14.7. The number of nitrogens with one attached hydrogen (secondary N) is 1. The monoisotopic (exact) mass is 601 g/mol. The molecule has 3 aromatic rings. The van der Waals surface area contributed by atoms with E-state index in [1.807, 2.05) is 24.3 Å². The van der Waals surface area contributed by atoms with Gasteiger partial charge in [-0.3, -0.25) is 9.69 Å². The molecule has 1 N–H and O–H groups in total. The Morgan fingerprint density at radius 3 is 2.45 bits per heavy atom. The number of hydrogen-bond donors (Lipinski definition) is 1. The third-order valence-electron chi connectivity index (χ3n) is 7.78. The first-order valence-electron chi connectivity index (χ1n) is 13.9. The molecule has 2 heterocycles. The first-order chi connectivity index (χ1) is 19.9. The van der Waals surface area contributed by atoms with Crippen molar-refractivity contribution in [3.8, 4) is 17.0 Å². The molecule has 1 saturated carbocycles. The maximum absolute atomic E-state index is 14.7. The third-order valence-corrected chi connectivity index (χ3v) is 8.03. The average Bonchev–Trinajstić information content (AvgIpc) is 3.57. The number of ether oxygens (including phenoxy) is 2. The fourth-order valence-electron chi connectivity index (χ4n) is 5.51. The number of amides is 2. The first-order valence-corrected chi connectivity index (χ1v) is 14.3. The van der Waals surface area contributed by atoms with Gasteiger partial charge in [0.25, 0.3) is 0 Å². The number of nitrogens with zero attached hydrogens (tertiary/aromatic N) is 4. The van der Waals surface area contributed by atoms with Gasteiger partial charge in [-0.1, -0.05) is 28.9 Å². The van der Waals surface area contributed by atoms with Crippen LogP contribution in [0.1, 0.15) is 57.6 Å². The Balaban J connectivity index is 1.26. The van der Waals surface area contributed by atoms with Gasteiger partial charge in [-0.15, -0.1) is 5.10 Å². The van der Waals surface area contributed by atoms with E-state index >= 15 is 0 Å². The van der Waals surface area contributed by atoms with E-state index in [2.05, 4.69) is 15.6 Å². The van der Waals surface area contributed by atoms with Gasteiger partial charge in [-0.25, -0.2) is 13.9 Å². The fourth-order valence-corrected chi connectivity index (χ4v) is 5.64. The zero-order valence-corrected chi connectivity index (χ0v) is 24.7. The van der Waals surface area contributed by atoms with E-state index in [9.17, 15) is 18.4 Å². The van der Waals surface area contributed by atoms with E-state index in [0.29, 0.717) is 23.4 Å². The lowest BCUT2D eigenvalue weighted by molar-refractivity contribution is -0.125. The van der Waals surface area contributed by atoms with Gasteiger partial charge in [-0.2, -0.15) is 4.39 Å². The van der Waals surface area contributed by atoms with E-state index in [0.717, 1.165) is 12.8 Å². The molecule has 1 aromatic heterocycles. The van der Waals surface area contributed by atoms with E-state index < -0.39 is 35.4 Å². The van der Waals surface area contributed by atoms with Crippen LogP contribution >= 0.6 is 11.6 Å². The van der Waals surface area contributed by atoms with Crippen molar-refractivity contribution in [2.45, 2.75) is 63.6 Å². The largest absolute Gasteiger partial charge is 0.494 e. The number of halogens is 3. The quantitative estimate of drug-likeness (QED) is 0.371. The van der Waals surface area contributed by atoms with E-state index in [1.165, 1.54) is 40.6 Å². The van der Waals surface area contributed by atoms with Crippen molar-refractivity contribution in [2.24, 2.45) is 5.92 Å². The molecule has 1 unspecified atom stereocenters. The Labute approximate surface area is 248 Å². The van der Waals surface area contributed by atoms with Crippen LogP contribution in [0.25, 0.3) is 11.3 Å². The van der Waals surface area contributed by atoms with Gasteiger partial charge < -0.3 is 14.8 Å². The van der Waals surface area contributed by atoms with E-state index in [1.54, 1.807) is 20.8 Å². The number of benzene rings is 2. The summed E-state index contributed by atoms with van der Waals surface area (Å²) in [5, 5.41) is 11.9. The Hall–Kier alpha value is -3.73. The normalized spacial score (nSPS) is 22.0. The Morgan fingerprint density at radius 1 is 1.07 bits per heavy atom. The van der Waals surface area contributed by atoms with Gasteiger partial charge in [0.15, 0.2) is 11.6 Å². The zero-order valence-electron chi connectivity index (χ0n) is 23.9. The second kappa shape index (κ2) is 11.9. The van der Waals surface area contributed by atoms with Gasteiger partial charge in [0.05, 0.1) is 19.3 Å². The summed E-state index contributed by atoms with van der Waals surface area (Å²) in [6, 6.07) is 9.30. The number of methoxy groups -OCH3 is 1. The van der Waals surface area contributed by atoms with Crippen LogP contribution in [0.15, 0.2) is 42.6 Å². The summed E-state index contributed by atoms with van der Waals surface area (Å²) in [4.78, 5) is 27.9. The minimum absolute atomic E-state index is 0.0757. The van der Waals surface area contributed by atoms with Crippen LogP contribution in [0.3, 0.4) is 0 Å². The highest BCUT2D eigenvalue weighted by Crippen LogP contribution is 2.41. The average molecular weight is 602 g/mol. The van der Waals surface area contributed by atoms with Crippen LogP contribution in [-0.2, 0) is 9.53 Å². The predicted octanol–water partition coefficient (Wildman–Crippen LogP) is 5.75. The number of aromatic nitrogens is 3. The third kappa shape index (κ3) is 6.35. The standard InChI is InChI=1S/C30H34ClF2N5O4/c1-30(2,3)42-29(40)37-15-21(38-16-23(35-36-38)22-9-10-25(41-4)27(33)26(22)32)13-24(37)28(39)34-14-17-11-19(12-17)18-5-7-20(31)8-6-18/h5-10,16-17,19,21,24H,11-15H2,1-4H3,(H,34,39)/t17?,19?,21?,24-/m0/s1. The minimum atomic E-state index is -1.12. The Kier molecular flexibility index (Phi) is 8.41. The lowest BCUT2D eigenvalue weighted by Gasteiger charge is -2.36. The molecular formula is C30H34ClF2N5O4. The Bertz CT molecular complexity index is 1450. The van der Waals surface area contributed by atoms with Crippen LogP contribution in [0.2, 0.25) is 5.02 Å². The summed E-state index contributed by atoms with van der Waals surface area (Å²) >= 11 is 6.00. The summed E-state index contributed by atoms with van der Waals surface area (Å²) in [6.07, 6.45) is 3.03. The predicted molar refractivity (Wildman–Crippen MR) is 152 cm³/mol. The molecule has 224 valence electrons. The molecular weight excluding hydrogens is 568 g/mol. The van der Waals surface area contributed by atoms with Gasteiger partial charge >= 0.3 is 6.09 Å². The molecule has 0 radical (unpaired) electrons. The number of likely N-dealkylation sites (tertiary alicyclic amines) is 1. The fraction of sp³-hybridized carbons (Fsp3) is 0.467. The molecule has 0 spiro atoms. The second-order valence-electron chi connectivity index (χ2n) is 11.9. The van der Waals surface area contributed by atoms with Crippen molar-refractivity contribution < 1.29 is 27.8 Å². The number of rotatable bonds is 7. The number of hydrogen-bond acceptors (Lipinski definition) is 6. The molecule has 1 saturated heterocycles. The molecule has 5 rings (SSSR count). The summed E-state index contributed by atoms with van der Waals surface area (Å²) in [5.74, 6) is -1.95. The summed E-state index contributed by atoms with van der Waals surface area (Å²) in [6.45, 7) is 5.91. The Morgan fingerprint density at radius 2 is 1.79 bits per heavy atom. The maximum Gasteiger partial charge on any atom is 0.411 e. The number of carbonyl (C=O) groups excluding carboxylic acids is 2. The van der Waals surface area contributed by atoms with Gasteiger partial charge in [-0.05, 0) is 75.3 Å². The van der Waals surface area contributed by atoms with Gasteiger partial charge in [0.1, 0.15) is 17.3 Å². The van der Waals surface area contributed by atoms with Gasteiger partial charge in [0, 0.05) is 30.1 Å². The minimum Gasteiger partial charge on any atom is -0.494 e. The number of carbonyl (C=O) groups is 2. The molecule has 42 heavy (non-hydrogen) atoms. The first kappa shape index (κ1) is 29.8. The SMILES string of the molecule is COc1ccc(-c2cn(C3C[C@@H](C(=O)NCC4CC(c5ccc(Cl)cc5)C4)N(C(=O)OC(C)(C)C)C3)nn2)c(F)c1F. The molecule has 1 aliphatic heterocycles. The molecule has 0 bridgehead atoms. The van der Waals surface area contributed by atoms with Crippen LogP contribution in [0.4, 0.5) is 13.6 Å². The summed E-state index contributed by atoms with van der Waals surface area (Å²) in [5.41, 5.74) is 0.523. The molecule has 2 aromatic carbocycles. The van der Waals surface area contributed by atoms with Crippen molar-refractivity contribution in [2.75, 3.05) is 20.2 Å². The lowest BCUT2D eigenvalue weighted by atomic mass is 9.71. The molecule has 1 aliphatic carbocycles. The molecule has 12 heteroatoms. The van der Waals surface area contributed by atoms with Crippen molar-refractivity contribution in [1.82, 2.24) is 25.2 Å². The van der Waals surface area contributed by atoms with Crippen LogP contribution < -0.4 is 10.1 Å². The summed E-state index contributed by atoms with van der Waals surface area (Å²) in [7, 11) is 1.25. The highest BCUT2D eigenvalue weighted by atomic mass is 35.5. The molecule has 9 nitrogen and oxygen atoms in total. The topological polar surface area (TPSA) is 98.6 Å². The highest BCUT2D eigenvalue weighted by Gasteiger charge is 2.43. The van der Waals surface area contributed by atoms with Crippen LogP contribution in [0, 0.1) is 17.6 Å². The molecule has 2 aliphatic rings.